The van der Waals surface area contributed by atoms with Gasteiger partial charge in [-0.2, -0.15) is 0 Å². The standard InChI is InChI=1S/C11H19BrN2S/c1-3-11(13,4-2)8-14-6-10-5-9(12)7-15-10/h5,7,14H,3-4,6,8,13H2,1-2H3. The fourth-order valence-electron chi connectivity index (χ4n) is 1.38. The topological polar surface area (TPSA) is 38.0 Å². The summed E-state index contributed by atoms with van der Waals surface area (Å²) < 4.78 is 1.16. The van der Waals surface area contributed by atoms with Gasteiger partial charge in [0.05, 0.1) is 0 Å². The number of halogens is 1. The van der Waals surface area contributed by atoms with Crippen LogP contribution >= 0.6 is 27.3 Å². The van der Waals surface area contributed by atoms with E-state index in [2.05, 4.69) is 46.5 Å². The van der Waals surface area contributed by atoms with Gasteiger partial charge in [0, 0.05) is 33.4 Å². The lowest BCUT2D eigenvalue weighted by molar-refractivity contribution is 0.370. The van der Waals surface area contributed by atoms with Gasteiger partial charge >= 0.3 is 0 Å². The molecule has 0 aromatic carbocycles. The van der Waals surface area contributed by atoms with E-state index < -0.39 is 0 Å². The first-order chi connectivity index (χ1) is 7.09. The largest absolute Gasteiger partial charge is 0.324 e. The number of rotatable bonds is 6. The summed E-state index contributed by atoms with van der Waals surface area (Å²) in [4.78, 5) is 1.34. The van der Waals surface area contributed by atoms with Crippen LogP contribution < -0.4 is 11.1 Å². The number of hydrogen-bond acceptors (Lipinski definition) is 3. The Bertz CT molecular complexity index is 295. The lowest BCUT2D eigenvalue weighted by Crippen LogP contribution is -2.47. The summed E-state index contributed by atoms with van der Waals surface area (Å²) in [5, 5.41) is 5.53. The number of hydrogen-bond donors (Lipinski definition) is 2. The zero-order valence-electron chi connectivity index (χ0n) is 9.35. The van der Waals surface area contributed by atoms with E-state index in [-0.39, 0.29) is 5.54 Å². The average Bonchev–Trinajstić information content (AvgIpc) is 2.64. The Morgan fingerprint density at radius 3 is 2.60 bits per heavy atom. The van der Waals surface area contributed by atoms with E-state index in [0.717, 1.165) is 30.4 Å². The maximum Gasteiger partial charge on any atom is 0.0300 e. The van der Waals surface area contributed by atoms with Crippen LogP contribution in [0.3, 0.4) is 0 Å². The third-order valence-electron chi connectivity index (χ3n) is 2.81. The fraction of sp³-hybridized carbons (Fsp3) is 0.636. The molecule has 0 bridgehead atoms. The van der Waals surface area contributed by atoms with Gasteiger partial charge in [-0.3, -0.25) is 0 Å². The summed E-state index contributed by atoms with van der Waals surface area (Å²) in [7, 11) is 0. The van der Waals surface area contributed by atoms with Crippen LogP contribution in [0.5, 0.6) is 0 Å². The second-order valence-corrected chi connectivity index (χ2v) is 5.82. The normalized spacial score (nSPS) is 12.0. The van der Waals surface area contributed by atoms with Crippen molar-refractivity contribution < 1.29 is 0 Å². The highest BCUT2D eigenvalue weighted by Gasteiger charge is 2.19. The quantitative estimate of drug-likeness (QED) is 0.845. The lowest BCUT2D eigenvalue weighted by atomic mass is 9.94. The number of nitrogens with two attached hydrogens (primary N) is 1. The van der Waals surface area contributed by atoms with Gasteiger partial charge in [-0.1, -0.05) is 13.8 Å². The highest BCUT2D eigenvalue weighted by atomic mass is 79.9. The highest BCUT2D eigenvalue weighted by Crippen LogP contribution is 2.19. The summed E-state index contributed by atoms with van der Waals surface area (Å²) in [5.41, 5.74) is 6.15. The molecule has 0 fully saturated rings. The van der Waals surface area contributed by atoms with Crippen LogP contribution in [0, 0.1) is 0 Å². The van der Waals surface area contributed by atoms with Crippen molar-refractivity contribution in [3.63, 3.8) is 0 Å². The molecule has 1 aromatic rings. The molecule has 0 radical (unpaired) electrons. The third kappa shape index (κ3) is 4.23. The maximum absolute atomic E-state index is 6.20. The molecule has 0 saturated heterocycles. The second-order valence-electron chi connectivity index (χ2n) is 3.90. The monoisotopic (exact) mass is 290 g/mol. The summed E-state index contributed by atoms with van der Waals surface area (Å²) in [6.45, 7) is 6.09. The average molecular weight is 291 g/mol. The Labute approximate surface area is 104 Å². The molecule has 0 amide bonds. The van der Waals surface area contributed by atoms with Crippen molar-refractivity contribution in [3.05, 3.63) is 20.8 Å². The van der Waals surface area contributed by atoms with E-state index in [9.17, 15) is 0 Å². The molecule has 4 heteroatoms. The van der Waals surface area contributed by atoms with E-state index in [1.54, 1.807) is 11.3 Å². The van der Waals surface area contributed by atoms with E-state index in [0.29, 0.717) is 0 Å². The van der Waals surface area contributed by atoms with Gasteiger partial charge in [-0.25, -0.2) is 0 Å². The Kier molecular flexibility index (Phi) is 5.26. The number of nitrogens with one attached hydrogen (secondary N) is 1. The van der Waals surface area contributed by atoms with E-state index in [4.69, 9.17) is 5.73 Å². The summed E-state index contributed by atoms with van der Waals surface area (Å²) in [6, 6.07) is 2.15. The first kappa shape index (κ1) is 13.2. The maximum atomic E-state index is 6.20. The predicted octanol–water partition coefficient (Wildman–Crippen LogP) is 3.12. The molecule has 1 aromatic heterocycles. The van der Waals surface area contributed by atoms with Gasteiger partial charge in [0.2, 0.25) is 0 Å². The minimum Gasteiger partial charge on any atom is -0.324 e. The SMILES string of the molecule is CCC(N)(CC)CNCc1cc(Br)cs1. The Morgan fingerprint density at radius 1 is 1.47 bits per heavy atom. The molecule has 1 rings (SSSR count). The smallest absolute Gasteiger partial charge is 0.0300 e. The van der Waals surface area contributed by atoms with Crippen molar-refractivity contribution >= 4 is 27.3 Å². The lowest BCUT2D eigenvalue weighted by Gasteiger charge is -2.26. The molecule has 2 nitrogen and oxygen atoms in total. The van der Waals surface area contributed by atoms with Crippen LogP contribution in [0.1, 0.15) is 31.6 Å². The van der Waals surface area contributed by atoms with Crippen molar-refractivity contribution in [2.45, 2.75) is 38.8 Å². The van der Waals surface area contributed by atoms with Gasteiger partial charge in [0.1, 0.15) is 0 Å². The van der Waals surface area contributed by atoms with Crippen molar-refractivity contribution in [2.75, 3.05) is 6.54 Å². The first-order valence-corrected chi connectivity index (χ1v) is 6.99. The van der Waals surface area contributed by atoms with E-state index >= 15 is 0 Å². The Hall–Kier alpha value is 0.1000. The molecule has 1 heterocycles. The fourth-order valence-corrected chi connectivity index (χ4v) is 2.80. The Morgan fingerprint density at radius 2 is 2.13 bits per heavy atom. The summed E-state index contributed by atoms with van der Waals surface area (Å²) in [5.74, 6) is 0. The first-order valence-electron chi connectivity index (χ1n) is 5.32. The zero-order chi connectivity index (χ0) is 11.3. The summed E-state index contributed by atoms with van der Waals surface area (Å²) >= 11 is 5.21. The molecule has 0 aliphatic rings. The van der Waals surface area contributed by atoms with Gasteiger partial charge in [-0.05, 0) is 34.8 Å². The van der Waals surface area contributed by atoms with Crippen molar-refractivity contribution in [3.8, 4) is 0 Å². The van der Waals surface area contributed by atoms with Crippen LogP contribution in [0.2, 0.25) is 0 Å². The molecule has 0 aliphatic heterocycles. The van der Waals surface area contributed by atoms with Gasteiger partial charge in [-0.15, -0.1) is 11.3 Å². The highest BCUT2D eigenvalue weighted by molar-refractivity contribution is 9.10. The Balaban J connectivity index is 2.32. The molecule has 0 unspecified atom stereocenters. The van der Waals surface area contributed by atoms with Crippen LogP contribution in [0.4, 0.5) is 0 Å². The van der Waals surface area contributed by atoms with Crippen molar-refractivity contribution in [2.24, 2.45) is 5.73 Å². The van der Waals surface area contributed by atoms with Crippen LogP contribution in [0.25, 0.3) is 0 Å². The molecule has 0 saturated carbocycles. The summed E-state index contributed by atoms with van der Waals surface area (Å²) in [6.07, 6.45) is 2.04. The molecular weight excluding hydrogens is 272 g/mol. The van der Waals surface area contributed by atoms with Gasteiger partial charge in [0.25, 0.3) is 0 Å². The predicted molar refractivity (Wildman–Crippen MR) is 71.2 cm³/mol. The minimum atomic E-state index is -0.0471. The van der Waals surface area contributed by atoms with E-state index in [1.165, 1.54) is 4.88 Å². The molecule has 3 N–H and O–H groups in total. The second kappa shape index (κ2) is 5.99. The van der Waals surface area contributed by atoms with Crippen molar-refractivity contribution in [1.29, 1.82) is 0 Å². The molecule has 86 valence electrons. The molecule has 0 aliphatic carbocycles. The van der Waals surface area contributed by atoms with Gasteiger partial charge < -0.3 is 11.1 Å². The van der Waals surface area contributed by atoms with Crippen molar-refractivity contribution in [1.82, 2.24) is 5.32 Å². The molecule has 0 atom stereocenters. The van der Waals surface area contributed by atoms with Crippen LogP contribution in [0.15, 0.2) is 15.9 Å². The van der Waals surface area contributed by atoms with Crippen LogP contribution in [-0.2, 0) is 6.54 Å². The molecule has 0 spiro atoms. The minimum absolute atomic E-state index is 0.0471. The van der Waals surface area contributed by atoms with E-state index in [1.807, 2.05) is 0 Å². The molecular formula is C11H19BrN2S. The zero-order valence-corrected chi connectivity index (χ0v) is 11.7. The van der Waals surface area contributed by atoms with Crippen LogP contribution in [-0.4, -0.2) is 12.1 Å². The molecule has 15 heavy (non-hydrogen) atoms. The third-order valence-corrected chi connectivity index (χ3v) is 4.50. The van der Waals surface area contributed by atoms with Gasteiger partial charge in [0.15, 0.2) is 0 Å². The number of thiophene rings is 1.